The van der Waals surface area contributed by atoms with E-state index in [-0.39, 0.29) is 7.43 Å². The summed E-state index contributed by atoms with van der Waals surface area (Å²) < 4.78 is 7.05. The Morgan fingerprint density at radius 1 is 0.482 bits per heavy atom. The summed E-state index contributed by atoms with van der Waals surface area (Å²) >= 11 is 0. The Labute approximate surface area is 498 Å². The molecule has 12 rings (SSSR count). The van der Waals surface area contributed by atoms with Crippen molar-refractivity contribution in [2.24, 2.45) is 0 Å². The summed E-state index contributed by atoms with van der Waals surface area (Å²) in [7, 11) is 8.72. The molecule has 3 unspecified atom stereocenters. The summed E-state index contributed by atoms with van der Waals surface area (Å²) in [4.78, 5) is 7.12. The Morgan fingerprint density at radius 2 is 0.964 bits per heavy atom. The monoisotopic (exact) mass is 1100 g/mol. The molecule has 3 aromatic heterocycles. The molecule has 6 heterocycles. The normalized spacial score (nSPS) is 16.2. The van der Waals surface area contributed by atoms with E-state index in [0.29, 0.717) is 18.1 Å². The third-order valence-corrected chi connectivity index (χ3v) is 17.7. The second kappa shape index (κ2) is 26.4. The number of anilines is 4. The summed E-state index contributed by atoms with van der Waals surface area (Å²) in [5.74, 6) is 0. The van der Waals surface area contributed by atoms with Gasteiger partial charge in [0.05, 0.1) is 0 Å². The molecule has 6 aromatic carbocycles. The molecule has 0 amide bonds. The van der Waals surface area contributed by atoms with E-state index in [2.05, 4.69) is 305 Å². The zero-order valence-corrected chi connectivity index (χ0v) is 51.0. The van der Waals surface area contributed by atoms with Crippen molar-refractivity contribution in [3.63, 3.8) is 0 Å². The number of nitrogens with zero attached hydrogens (tertiary/aromatic N) is 6. The van der Waals surface area contributed by atoms with Crippen LogP contribution >= 0.6 is 0 Å². The van der Waals surface area contributed by atoms with Gasteiger partial charge in [0.15, 0.2) is 0 Å². The number of aryl methyl sites for hydroxylation is 9. The van der Waals surface area contributed by atoms with E-state index in [1.807, 2.05) is 0 Å². The fraction of sp³-hybridized carbons (Fsp3) is 0.316. The van der Waals surface area contributed by atoms with E-state index in [9.17, 15) is 0 Å². The topological polar surface area (TPSA) is 36.5 Å². The van der Waals surface area contributed by atoms with E-state index >= 15 is 0 Å². The van der Waals surface area contributed by atoms with Gasteiger partial charge < -0.3 is 33.7 Å². The molecule has 0 radical (unpaired) electrons. The third kappa shape index (κ3) is 13.4. The van der Waals surface area contributed by atoms with Crippen LogP contribution in [0, 0.1) is 55.4 Å². The standard InChI is InChI=1S/C26H33N3.C25H28N2.C24H26N2.CH4/c1-19-17-21(20(2)29(19)24-9-7-6-8-10-24)11-13-23-14-12-22-18-25(27(3)4)15-16-26(22)28(23)5;1-18-10-15-25-22(16-18)12-14-23(26(25)4)13-11-21-17-19(2)27(20(21)3)24-8-6-5-7-9-24;1-17-9-14-24-21(15-17)11-13-22(25-24)12-10-20-16-18(2)26(19(20)3)23-7-5-4-6-8-23;/h6-10,15-18,23H,11-14H2,1-5H3;5-11,13,15-17,23H,12,14H2,1-4H3;4-10,12,14-16,22,25H,11,13H2,1-3H3;1H4/b;13-11+;12-10+;. The molecule has 3 aliphatic rings. The number of aromatic nitrogens is 3. The van der Waals surface area contributed by atoms with Crippen LogP contribution in [0.3, 0.4) is 0 Å². The van der Waals surface area contributed by atoms with Crippen molar-refractivity contribution in [1.82, 2.24) is 13.7 Å². The van der Waals surface area contributed by atoms with Crippen molar-refractivity contribution in [2.45, 2.75) is 132 Å². The van der Waals surface area contributed by atoms with Crippen LogP contribution < -0.4 is 20.0 Å². The van der Waals surface area contributed by atoms with Crippen molar-refractivity contribution >= 4 is 34.9 Å². The van der Waals surface area contributed by atoms with Crippen molar-refractivity contribution in [1.29, 1.82) is 0 Å². The van der Waals surface area contributed by atoms with Crippen LogP contribution in [0.5, 0.6) is 0 Å². The van der Waals surface area contributed by atoms with Gasteiger partial charge in [0.1, 0.15) is 0 Å². The first-order valence-corrected chi connectivity index (χ1v) is 29.9. The second-order valence-electron chi connectivity index (χ2n) is 23.6. The average Bonchev–Trinajstić information content (AvgIpc) is 4.28. The Morgan fingerprint density at radius 3 is 1.55 bits per heavy atom. The summed E-state index contributed by atoms with van der Waals surface area (Å²) in [6, 6.07) is 60.7. The fourth-order valence-electron chi connectivity index (χ4n) is 13.1. The zero-order valence-electron chi connectivity index (χ0n) is 51.0. The molecule has 7 heteroatoms. The largest absolute Gasteiger partial charge is 0.379 e. The maximum atomic E-state index is 3.67. The number of hydrogen-bond donors (Lipinski definition) is 1. The predicted molar refractivity (Wildman–Crippen MR) is 359 cm³/mol. The van der Waals surface area contributed by atoms with Crippen LogP contribution in [0.4, 0.5) is 22.7 Å². The lowest BCUT2D eigenvalue weighted by molar-refractivity contribution is 0.520. The molecule has 0 spiro atoms. The molecule has 0 fully saturated rings. The highest BCUT2D eigenvalue weighted by Crippen LogP contribution is 2.36. The SMILES string of the molecule is C.Cc1cc(CCC2CCc3cc(N(C)C)ccc3N2C)c(C)n1-c1ccccc1.Cc1ccc2c(c1)CCC(/C=C/c1cc(C)n(-c3ccccc3)c1C)N2.Cc1ccc2c(c1)CCC(/C=C/c1cc(C)n(-c3ccccc3)c1C)N2C. The van der Waals surface area contributed by atoms with E-state index in [1.165, 1.54) is 144 Å². The first-order chi connectivity index (χ1) is 39.6. The minimum Gasteiger partial charge on any atom is -0.379 e. The average molecular weight is 1100 g/mol. The third-order valence-electron chi connectivity index (χ3n) is 17.7. The summed E-state index contributed by atoms with van der Waals surface area (Å²) in [5, 5.41) is 3.67. The highest BCUT2D eigenvalue weighted by molar-refractivity contribution is 5.65. The molecule has 3 atom stereocenters. The Balaban J connectivity index is 0.000000149. The number of benzene rings is 6. The number of rotatable bonds is 11. The maximum Gasteiger partial charge on any atom is 0.0476 e. The fourth-order valence-corrected chi connectivity index (χ4v) is 13.1. The van der Waals surface area contributed by atoms with Crippen molar-refractivity contribution in [2.75, 3.05) is 48.2 Å². The van der Waals surface area contributed by atoms with Crippen LogP contribution in [-0.2, 0) is 25.7 Å². The Bertz CT molecular complexity index is 3680. The van der Waals surface area contributed by atoms with Gasteiger partial charge in [-0.05, 0) is 225 Å². The minimum atomic E-state index is 0. The summed E-state index contributed by atoms with van der Waals surface area (Å²) in [5.41, 5.74) is 28.1. The van der Waals surface area contributed by atoms with Gasteiger partial charge in [-0.15, -0.1) is 0 Å². The zero-order chi connectivity index (χ0) is 57.6. The van der Waals surface area contributed by atoms with E-state index in [1.54, 1.807) is 0 Å². The van der Waals surface area contributed by atoms with Crippen LogP contribution in [0.2, 0.25) is 0 Å². The van der Waals surface area contributed by atoms with Gasteiger partial charge in [-0.2, -0.15) is 0 Å². The molecule has 0 saturated heterocycles. The van der Waals surface area contributed by atoms with Crippen LogP contribution in [0.15, 0.2) is 176 Å². The van der Waals surface area contributed by atoms with Gasteiger partial charge in [0.25, 0.3) is 0 Å². The van der Waals surface area contributed by atoms with Crippen LogP contribution in [-0.4, -0.2) is 60.0 Å². The lowest BCUT2D eigenvalue weighted by atomic mass is 9.92. The molecule has 430 valence electrons. The van der Waals surface area contributed by atoms with E-state index in [4.69, 9.17) is 0 Å². The number of hydrogen-bond acceptors (Lipinski definition) is 4. The van der Waals surface area contributed by atoms with Gasteiger partial charge >= 0.3 is 0 Å². The van der Waals surface area contributed by atoms with Crippen LogP contribution in [0.1, 0.15) is 112 Å². The number of para-hydroxylation sites is 3. The molecular weight excluding hydrogens is 1010 g/mol. The first kappa shape index (κ1) is 59.5. The van der Waals surface area contributed by atoms with Gasteiger partial charge in [-0.1, -0.05) is 122 Å². The smallest absolute Gasteiger partial charge is 0.0476 e. The van der Waals surface area contributed by atoms with Gasteiger partial charge in [-0.3, -0.25) is 0 Å². The van der Waals surface area contributed by atoms with Crippen LogP contribution in [0.25, 0.3) is 29.2 Å². The summed E-state index contributed by atoms with van der Waals surface area (Å²) in [6.45, 7) is 17.6. The lowest BCUT2D eigenvalue weighted by Gasteiger charge is -2.37. The Hall–Kier alpha value is -8.16. The second-order valence-corrected chi connectivity index (χ2v) is 23.6. The molecule has 7 nitrogen and oxygen atoms in total. The van der Waals surface area contributed by atoms with Crippen molar-refractivity contribution in [3.8, 4) is 17.1 Å². The van der Waals surface area contributed by atoms with E-state index in [0.717, 1.165) is 25.7 Å². The highest BCUT2D eigenvalue weighted by Gasteiger charge is 2.25. The van der Waals surface area contributed by atoms with Gasteiger partial charge in [0.2, 0.25) is 0 Å². The summed E-state index contributed by atoms with van der Waals surface area (Å²) in [6.07, 6.45) is 18.6. The first-order valence-electron chi connectivity index (χ1n) is 29.9. The lowest BCUT2D eigenvalue weighted by Crippen LogP contribution is -2.36. The van der Waals surface area contributed by atoms with Crippen molar-refractivity contribution in [3.05, 3.63) is 255 Å². The molecule has 0 saturated carbocycles. The highest BCUT2D eigenvalue weighted by atomic mass is 15.2. The number of nitrogens with one attached hydrogen (secondary N) is 1. The molecule has 83 heavy (non-hydrogen) atoms. The molecule has 0 aliphatic carbocycles. The molecule has 0 bridgehead atoms. The quantitative estimate of drug-likeness (QED) is 0.140. The van der Waals surface area contributed by atoms with E-state index < -0.39 is 0 Å². The molecular formula is C76H91N7. The molecule has 3 aliphatic heterocycles. The molecule has 9 aromatic rings. The number of likely N-dealkylation sites (N-methyl/N-ethyl adjacent to an activating group) is 1. The Kier molecular flexibility index (Phi) is 18.9. The van der Waals surface area contributed by atoms with Gasteiger partial charge in [-0.25, -0.2) is 0 Å². The van der Waals surface area contributed by atoms with Crippen molar-refractivity contribution < 1.29 is 0 Å². The molecule has 1 N–H and O–H groups in total. The van der Waals surface area contributed by atoms with Gasteiger partial charge in [0, 0.05) is 120 Å². The maximum absolute atomic E-state index is 3.67. The number of fused-ring (bicyclic) bond motifs is 3. The predicted octanol–water partition coefficient (Wildman–Crippen LogP) is 17.9. The minimum absolute atomic E-state index is 0.